The van der Waals surface area contributed by atoms with Gasteiger partial charge in [0.25, 0.3) is 0 Å². The van der Waals surface area contributed by atoms with E-state index in [1.165, 1.54) is 0 Å². The summed E-state index contributed by atoms with van der Waals surface area (Å²) in [6, 6.07) is 9.01. The molecule has 6 heteroatoms. The van der Waals surface area contributed by atoms with Gasteiger partial charge in [0.2, 0.25) is 5.91 Å². The number of hydrogen-bond donors (Lipinski definition) is 1. The maximum absolute atomic E-state index is 11.7. The Kier molecular flexibility index (Phi) is 5.77. The number of nitrogens with one attached hydrogen (secondary N) is 1. The molecule has 0 radical (unpaired) electrons. The lowest BCUT2D eigenvalue weighted by molar-refractivity contribution is -0.121. The molecule has 2 rings (SSSR count). The molecule has 2 aromatic rings. The second kappa shape index (κ2) is 7.58. The molecule has 0 spiro atoms. The number of halogens is 2. The number of hydrogen-bond acceptors (Lipinski definition) is 3. The van der Waals surface area contributed by atoms with Gasteiger partial charge in [-0.2, -0.15) is 0 Å². The Morgan fingerprint density at radius 1 is 1.36 bits per heavy atom. The maximum Gasteiger partial charge on any atom is 0.233 e. The molecule has 116 valence electrons. The van der Waals surface area contributed by atoms with Gasteiger partial charge in [0.1, 0.15) is 0 Å². The van der Waals surface area contributed by atoms with Crippen LogP contribution in [0.2, 0.25) is 10.0 Å². The van der Waals surface area contributed by atoms with Crippen LogP contribution in [0.3, 0.4) is 0 Å². The summed E-state index contributed by atoms with van der Waals surface area (Å²) in [6.45, 7) is 0.245. The zero-order chi connectivity index (χ0) is 16.1. The van der Waals surface area contributed by atoms with Crippen LogP contribution < -0.4 is 5.32 Å². The largest absolute Gasteiger partial charge is 0.358 e. The van der Waals surface area contributed by atoms with Crippen LogP contribution in [0.25, 0.3) is 0 Å². The van der Waals surface area contributed by atoms with Crippen molar-refractivity contribution in [1.29, 1.82) is 0 Å². The van der Waals surface area contributed by atoms with Crippen LogP contribution in [-0.4, -0.2) is 36.4 Å². The molecular weight excluding hydrogens is 321 g/mol. The molecule has 22 heavy (non-hydrogen) atoms. The van der Waals surface area contributed by atoms with E-state index in [-0.39, 0.29) is 18.5 Å². The molecule has 1 N–H and O–H groups in total. The number of pyridine rings is 1. The molecular formula is C16H17Cl2N3O. The zero-order valence-electron chi connectivity index (χ0n) is 12.4. The molecule has 0 saturated heterocycles. The number of nitrogens with zero attached hydrogens (tertiary/aromatic N) is 2. The number of carbonyl (C=O) groups excluding carboxylic acids is 1. The Morgan fingerprint density at radius 3 is 2.73 bits per heavy atom. The predicted octanol–water partition coefficient (Wildman–Crippen LogP) is 3.16. The van der Waals surface area contributed by atoms with Gasteiger partial charge >= 0.3 is 0 Å². The SMILES string of the molecule is CNC(=O)CN(C)[C@@H](c1cccnc1)c1ccc(Cl)cc1Cl. The summed E-state index contributed by atoms with van der Waals surface area (Å²) in [6.07, 6.45) is 3.48. The molecule has 0 aliphatic carbocycles. The molecule has 0 saturated carbocycles. The zero-order valence-corrected chi connectivity index (χ0v) is 13.9. The molecule has 1 aromatic heterocycles. The molecule has 1 aromatic carbocycles. The molecule has 0 fully saturated rings. The van der Waals surface area contributed by atoms with E-state index in [1.54, 1.807) is 31.6 Å². The van der Waals surface area contributed by atoms with E-state index in [1.807, 2.05) is 30.1 Å². The topological polar surface area (TPSA) is 45.2 Å². The summed E-state index contributed by atoms with van der Waals surface area (Å²) in [5.41, 5.74) is 1.84. The quantitative estimate of drug-likeness (QED) is 0.911. The highest BCUT2D eigenvalue weighted by atomic mass is 35.5. The number of aromatic nitrogens is 1. The third-order valence-electron chi connectivity index (χ3n) is 3.37. The average molecular weight is 338 g/mol. The molecule has 1 atom stereocenters. The lowest BCUT2D eigenvalue weighted by atomic mass is 9.98. The van der Waals surface area contributed by atoms with Crippen molar-refractivity contribution in [3.63, 3.8) is 0 Å². The third-order valence-corrected chi connectivity index (χ3v) is 3.93. The summed E-state index contributed by atoms with van der Waals surface area (Å²) in [5.74, 6) is -0.0681. The highest BCUT2D eigenvalue weighted by Gasteiger charge is 2.23. The fourth-order valence-corrected chi connectivity index (χ4v) is 2.84. The minimum absolute atomic E-state index is 0.0681. The number of likely N-dealkylation sites (N-methyl/N-ethyl adjacent to an activating group) is 2. The van der Waals surface area contributed by atoms with Crippen LogP contribution in [0, 0.1) is 0 Å². The summed E-state index contributed by atoms with van der Waals surface area (Å²) in [7, 11) is 3.49. The molecule has 1 amide bonds. The fraction of sp³-hybridized carbons (Fsp3) is 0.250. The second-order valence-electron chi connectivity index (χ2n) is 4.94. The van der Waals surface area contributed by atoms with Gasteiger partial charge in [-0.15, -0.1) is 0 Å². The van der Waals surface area contributed by atoms with E-state index in [0.717, 1.165) is 11.1 Å². The maximum atomic E-state index is 11.7. The van der Waals surface area contributed by atoms with Gasteiger partial charge in [0.15, 0.2) is 0 Å². The van der Waals surface area contributed by atoms with E-state index in [2.05, 4.69) is 10.3 Å². The van der Waals surface area contributed by atoms with Gasteiger partial charge in [-0.3, -0.25) is 14.7 Å². The van der Waals surface area contributed by atoms with E-state index < -0.39 is 0 Å². The van der Waals surface area contributed by atoms with Crippen molar-refractivity contribution in [3.05, 3.63) is 63.9 Å². The highest BCUT2D eigenvalue weighted by molar-refractivity contribution is 6.35. The first kappa shape index (κ1) is 16.7. The summed E-state index contributed by atoms with van der Waals surface area (Å²) >= 11 is 12.3. The van der Waals surface area contributed by atoms with Gasteiger partial charge in [-0.05, 0) is 36.4 Å². The van der Waals surface area contributed by atoms with Crippen molar-refractivity contribution in [3.8, 4) is 0 Å². The monoisotopic (exact) mass is 337 g/mol. The van der Waals surface area contributed by atoms with Crippen molar-refractivity contribution < 1.29 is 4.79 Å². The highest BCUT2D eigenvalue weighted by Crippen LogP contribution is 2.33. The van der Waals surface area contributed by atoms with Gasteiger partial charge < -0.3 is 5.32 Å². The van der Waals surface area contributed by atoms with Crippen LogP contribution in [0.15, 0.2) is 42.7 Å². The summed E-state index contributed by atoms with van der Waals surface area (Å²) < 4.78 is 0. The predicted molar refractivity (Wildman–Crippen MR) is 89.2 cm³/mol. The Hall–Kier alpha value is -1.62. The first-order valence-electron chi connectivity index (χ1n) is 6.78. The van der Waals surface area contributed by atoms with Gasteiger partial charge in [-0.1, -0.05) is 35.3 Å². The standard InChI is InChI=1S/C16H17Cl2N3O/c1-19-15(22)10-21(2)16(11-4-3-7-20-9-11)13-6-5-12(17)8-14(13)18/h3-9,16H,10H2,1-2H3,(H,19,22)/t16-/m0/s1. The number of amides is 1. The Labute approximate surface area is 140 Å². The van der Waals surface area contributed by atoms with Crippen molar-refractivity contribution in [2.24, 2.45) is 0 Å². The first-order chi connectivity index (χ1) is 10.5. The third kappa shape index (κ3) is 3.97. The molecule has 4 nitrogen and oxygen atoms in total. The van der Waals surface area contributed by atoms with E-state index in [0.29, 0.717) is 10.0 Å². The molecule has 1 heterocycles. The molecule has 0 aliphatic heterocycles. The lowest BCUT2D eigenvalue weighted by Gasteiger charge is -2.28. The first-order valence-corrected chi connectivity index (χ1v) is 7.54. The van der Waals surface area contributed by atoms with Gasteiger partial charge in [0, 0.05) is 29.5 Å². The van der Waals surface area contributed by atoms with E-state index >= 15 is 0 Å². The van der Waals surface area contributed by atoms with E-state index in [4.69, 9.17) is 23.2 Å². The summed E-state index contributed by atoms with van der Waals surface area (Å²) in [4.78, 5) is 17.8. The van der Waals surface area contributed by atoms with Crippen molar-refractivity contribution in [2.75, 3.05) is 20.6 Å². The summed E-state index contributed by atoms with van der Waals surface area (Å²) in [5, 5.41) is 3.76. The van der Waals surface area contributed by atoms with Crippen LogP contribution >= 0.6 is 23.2 Å². The Morgan fingerprint density at radius 2 is 2.14 bits per heavy atom. The lowest BCUT2D eigenvalue weighted by Crippen LogP contribution is -2.36. The number of benzene rings is 1. The van der Waals surface area contributed by atoms with Gasteiger partial charge in [0.05, 0.1) is 12.6 Å². The smallest absolute Gasteiger partial charge is 0.233 e. The van der Waals surface area contributed by atoms with Crippen molar-refractivity contribution >= 4 is 29.1 Å². The van der Waals surface area contributed by atoms with Crippen LogP contribution in [0.5, 0.6) is 0 Å². The van der Waals surface area contributed by atoms with Crippen molar-refractivity contribution in [1.82, 2.24) is 15.2 Å². The Balaban J connectivity index is 2.43. The molecule has 0 unspecified atom stereocenters. The second-order valence-corrected chi connectivity index (χ2v) is 5.79. The minimum atomic E-state index is -0.184. The number of carbonyl (C=O) groups is 1. The van der Waals surface area contributed by atoms with Gasteiger partial charge in [-0.25, -0.2) is 0 Å². The van der Waals surface area contributed by atoms with Crippen LogP contribution in [0.1, 0.15) is 17.2 Å². The molecule has 0 bridgehead atoms. The minimum Gasteiger partial charge on any atom is -0.358 e. The van der Waals surface area contributed by atoms with Crippen LogP contribution in [-0.2, 0) is 4.79 Å². The van der Waals surface area contributed by atoms with Crippen molar-refractivity contribution in [2.45, 2.75) is 6.04 Å². The number of rotatable bonds is 5. The van der Waals surface area contributed by atoms with E-state index in [9.17, 15) is 4.79 Å². The fourth-order valence-electron chi connectivity index (χ4n) is 2.33. The average Bonchev–Trinajstić information content (AvgIpc) is 2.50. The Bertz CT molecular complexity index is 649. The van der Waals surface area contributed by atoms with Crippen LogP contribution in [0.4, 0.5) is 0 Å². The molecule has 0 aliphatic rings. The normalized spacial score (nSPS) is 12.2.